The van der Waals surface area contributed by atoms with Crippen LogP contribution in [0.5, 0.6) is 5.75 Å². The zero-order valence-electron chi connectivity index (χ0n) is 12.4. The highest BCUT2D eigenvalue weighted by Gasteiger charge is 2.34. The first-order valence-electron chi connectivity index (χ1n) is 7.75. The maximum Gasteiger partial charge on any atom is 0.315 e. The molecule has 2 amide bonds. The van der Waals surface area contributed by atoms with Crippen molar-refractivity contribution in [1.29, 1.82) is 0 Å². The van der Waals surface area contributed by atoms with E-state index in [1.165, 1.54) is 12.1 Å². The number of halogens is 1. The second kappa shape index (κ2) is 6.12. The van der Waals surface area contributed by atoms with Crippen LogP contribution in [0.25, 0.3) is 0 Å². The third-order valence-corrected chi connectivity index (χ3v) is 4.41. The summed E-state index contributed by atoms with van der Waals surface area (Å²) in [6.45, 7) is 0.772. The van der Waals surface area contributed by atoms with E-state index in [2.05, 4.69) is 10.6 Å². The van der Waals surface area contributed by atoms with Gasteiger partial charge >= 0.3 is 6.03 Å². The molecule has 0 saturated heterocycles. The van der Waals surface area contributed by atoms with Gasteiger partial charge in [0.05, 0.1) is 18.2 Å². The zero-order valence-corrected chi connectivity index (χ0v) is 12.4. The van der Waals surface area contributed by atoms with Crippen LogP contribution in [0.3, 0.4) is 0 Å². The molecule has 22 heavy (non-hydrogen) atoms. The highest BCUT2D eigenvalue weighted by molar-refractivity contribution is 5.74. The number of hydrogen-bond donors (Lipinski definition) is 3. The summed E-state index contributed by atoms with van der Waals surface area (Å²) >= 11 is 0. The topological polar surface area (TPSA) is 70.6 Å². The number of nitrogens with one attached hydrogen (secondary N) is 2. The van der Waals surface area contributed by atoms with Gasteiger partial charge in [-0.2, -0.15) is 0 Å². The molecule has 6 heteroatoms. The van der Waals surface area contributed by atoms with Gasteiger partial charge in [0.1, 0.15) is 11.6 Å². The van der Waals surface area contributed by atoms with Gasteiger partial charge in [0.25, 0.3) is 0 Å². The summed E-state index contributed by atoms with van der Waals surface area (Å²) in [5.74, 6) is 0.136. The lowest BCUT2D eigenvalue weighted by Crippen LogP contribution is -2.50. The van der Waals surface area contributed by atoms with Crippen LogP contribution in [-0.2, 0) is 0 Å². The van der Waals surface area contributed by atoms with Gasteiger partial charge in [0, 0.05) is 18.2 Å². The number of carbonyl (C=O) groups excluding carboxylic acids is 1. The van der Waals surface area contributed by atoms with E-state index in [0.717, 1.165) is 37.7 Å². The summed E-state index contributed by atoms with van der Waals surface area (Å²) in [7, 11) is 0. The minimum Gasteiger partial charge on any atom is -0.493 e. The molecule has 1 aromatic carbocycles. The molecule has 5 nitrogen and oxygen atoms in total. The van der Waals surface area contributed by atoms with Crippen molar-refractivity contribution in [2.24, 2.45) is 0 Å². The number of urea groups is 1. The molecule has 3 rings (SSSR count). The lowest BCUT2D eigenvalue weighted by Gasteiger charge is -2.36. The van der Waals surface area contributed by atoms with Crippen molar-refractivity contribution in [3.05, 3.63) is 29.6 Å². The van der Waals surface area contributed by atoms with E-state index >= 15 is 0 Å². The Bertz CT molecular complexity index is 560. The second-order valence-electron chi connectivity index (χ2n) is 6.13. The lowest BCUT2D eigenvalue weighted by molar-refractivity contribution is -0.0290. The van der Waals surface area contributed by atoms with Crippen LogP contribution in [0.4, 0.5) is 9.18 Å². The predicted octanol–water partition coefficient (Wildman–Crippen LogP) is 2.25. The van der Waals surface area contributed by atoms with Gasteiger partial charge in [-0.05, 0) is 38.2 Å². The third-order valence-electron chi connectivity index (χ3n) is 4.41. The second-order valence-corrected chi connectivity index (χ2v) is 6.13. The number of rotatable bonds is 3. The van der Waals surface area contributed by atoms with Gasteiger partial charge in [-0.25, -0.2) is 9.18 Å². The maximum absolute atomic E-state index is 13.3. The smallest absolute Gasteiger partial charge is 0.315 e. The van der Waals surface area contributed by atoms with Crippen molar-refractivity contribution < 1.29 is 19.0 Å². The molecule has 1 aliphatic carbocycles. The first kappa shape index (κ1) is 15.1. The molecule has 0 spiro atoms. The Morgan fingerprint density at radius 1 is 1.41 bits per heavy atom. The van der Waals surface area contributed by atoms with Gasteiger partial charge in [0.2, 0.25) is 0 Å². The minimum atomic E-state index is -0.745. The Balaban J connectivity index is 1.63. The van der Waals surface area contributed by atoms with Crippen molar-refractivity contribution in [3.8, 4) is 5.75 Å². The molecule has 2 aliphatic rings. The molecule has 1 aliphatic heterocycles. The van der Waals surface area contributed by atoms with E-state index < -0.39 is 5.60 Å². The molecule has 1 fully saturated rings. The predicted molar refractivity (Wildman–Crippen MR) is 79.2 cm³/mol. The fourth-order valence-electron chi connectivity index (χ4n) is 2.91. The molecule has 0 radical (unpaired) electrons. The Labute approximate surface area is 128 Å². The highest BCUT2D eigenvalue weighted by Crippen LogP contribution is 2.32. The van der Waals surface area contributed by atoms with E-state index in [0.29, 0.717) is 12.4 Å². The molecule has 1 aromatic rings. The zero-order chi connectivity index (χ0) is 15.6. The normalized spacial score (nSPS) is 22.5. The van der Waals surface area contributed by atoms with E-state index in [1.807, 2.05) is 0 Å². The fraction of sp³-hybridized carbons (Fsp3) is 0.562. The molecular formula is C16H21FN2O3. The van der Waals surface area contributed by atoms with E-state index in [1.54, 1.807) is 6.07 Å². The number of amides is 2. The molecule has 3 N–H and O–H groups in total. The largest absolute Gasteiger partial charge is 0.493 e. The SMILES string of the molecule is O=C(NCC1(O)CCC1)NC1CCCOc2cc(F)ccc21. The average Bonchev–Trinajstić information content (AvgIpc) is 2.65. The quantitative estimate of drug-likeness (QED) is 0.802. The number of carbonyl (C=O) groups is 1. The minimum absolute atomic E-state index is 0.214. The van der Waals surface area contributed by atoms with E-state index in [9.17, 15) is 14.3 Å². The van der Waals surface area contributed by atoms with Gasteiger partial charge < -0.3 is 20.5 Å². The average molecular weight is 308 g/mol. The summed E-state index contributed by atoms with van der Waals surface area (Å²) in [5.41, 5.74) is 0.0432. The summed E-state index contributed by atoms with van der Waals surface area (Å²) in [6.07, 6.45) is 3.97. The van der Waals surface area contributed by atoms with Crippen molar-refractivity contribution in [1.82, 2.24) is 10.6 Å². The Kier molecular flexibility index (Phi) is 4.20. The molecule has 0 aromatic heterocycles. The van der Waals surface area contributed by atoms with Crippen LogP contribution in [0.1, 0.15) is 43.7 Å². The van der Waals surface area contributed by atoms with Crippen molar-refractivity contribution >= 4 is 6.03 Å². The molecule has 1 saturated carbocycles. The molecule has 1 unspecified atom stereocenters. The highest BCUT2D eigenvalue weighted by atomic mass is 19.1. The summed E-state index contributed by atoms with van der Waals surface area (Å²) in [4.78, 5) is 12.0. The fourth-order valence-corrected chi connectivity index (χ4v) is 2.91. The molecular weight excluding hydrogens is 287 g/mol. The third kappa shape index (κ3) is 3.32. The molecule has 0 bridgehead atoms. The first-order chi connectivity index (χ1) is 10.6. The Morgan fingerprint density at radius 2 is 2.23 bits per heavy atom. The number of ether oxygens (including phenoxy) is 1. The van der Waals surface area contributed by atoms with Gasteiger partial charge in [-0.15, -0.1) is 0 Å². The number of hydrogen-bond acceptors (Lipinski definition) is 3. The number of benzene rings is 1. The molecule has 120 valence electrons. The number of fused-ring (bicyclic) bond motifs is 1. The summed E-state index contributed by atoms with van der Waals surface area (Å²) < 4.78 is 18.8. The summed E-state index contributed by atoms with van der Waals surface area (Å²) in [5, 5.41) is 15.6. The van der Waals surface area contributed by atoms with E-state index in [4.69, 9.17) is 4.74 Å². The van der Waals surface area contributed by atoms with Crippen LogP contribution >= 0.6 is 0 Å². The number of aliphatic hydroxyl groups is 1. The van der Waals surface area contributed by atoms with Crippen LogP contribution in [-0.4, -0.2) is 29.9 Å². The molecule has 1 heterocycles. The van der Waals surface area contributed by atoms with Crippen molar-refractivity contribution in [2.45, 2.75) is 43.7 Å². The Morgan fingerprint density at radius 3 is 2.95 bits per heavy atom. The van der Waals surface area contributed by atoms with Gasteiger partial charge in [-0.3, -0.25) is 0 Å². The van der Waals surface area contributed by atoms with Crippen molar-refractivity contribution in [2.75, 3.05) is 13.2 Å². The maximum atomic E-state index is 13.3. The first-order valence-corrected chi connectivity index (χ1v) is 7.75. The van der Waals surface area contributed by atoms with Crippen LogP contribution in [0.2, 0.25) is 0 Å². The van der Waals surface area contributed by atoms with Gasteiger partial charge in [-0.1, -0.05) is 6.07 Å². The van der Waals surface area contributed by atoms with Crippen LogP contribution in [0.15, 0.2) is 18.2 Å². The lowest BCUT2D eigenvalue weighted by atomic mass is 9.80. The standard InChI is InChI=1S/C16H21FN2O3/c17-11-4-5-12-13(3-1-8-22-14(12)9-11)19-15(20)18-10-16(21)6-2-7-16/h4-5,9,13,21H,1-3,6-8,10H2,(H2,18,19,20). The van der Waals surface area contributed by atoms with Crippen molar-refractivity contribution in [3.63, 3.8) is 0 Å². The van der Waals surface area contributed by atoms with Crippen LogP contribution < -0.4 is 15.4 Å². The van der Waals surface area contributed by atoms with Gasteiger partial charge in [0.15, 0.2) is 0 Å². The van der Waals surface area contributed by atoms with E-state index in [-0.39, 0.29) is 24.4 Å². The molecule has 1 atom stereocenters. The summed E-state index contributed by atoms with van der Waals surface area (Å²) in [6, 6.07) is 3.85. The van der Waals surface area contributed by atoms with Crippen LogP contribution in [0, 0.1) is 5.82 Å². The Hall–Kier alpha value is -1.82. The monoisotopic (exact) mass is 308 g/mol.